The van der Waals surface area contributed by atoms with Crippen molar-refractivity contribution in [1.29, 1.82) is 0 Å². The van der Waals surface area contributed by atoms with E-state index in [0.29, 0.717) is 17.5 Å². The Hall–Kier alpha value is -3.07. The first-order valence-electron chi connectivity index (χ1n) is 8.24. The SMILES string of the molecule is CCOc1ccc2nc(SCC(=O)N(C)c3ccc([N+](=O)[O-])cc3)[nH]c2c1. The minimum Gasteiger partial charge on any atom is -0.494 e. The van der Waals surface area contributed by atoms with Crippen molar-refractivity contribution in [3.8, 4) is 5.75 Å². The number of carbonyl (C=O) groups is 1. The predicted octanol–water partition coefficient (Wildman–Crippen LogP) is 3.62. The third kappa shape index (κ3) is 4.37. The van der Waals surface area contributed by atoms with Crippen LogP contribution < -0.4 is 9.64 Å². The molecule has 0 aliphatic rings. The number of aromatic nitrogens is 2. The van der Waals surface area contributed by atoms with Gasteiger partial charge in [-0.15, -0.1) is 0 Å². The molecule has 1 heterocycles. The minimum atomic E-state index is -0.472. The Labute approximate surface area is 159 Å². The molecule has 3 rings (SSSR count). The molecule has 9 heteroatoms. The van der Waals surface area contributed by atoms with E-state index in [4.69, 9.17) is 4.74 Å². The van der Waals surface area contributed by atoms with Gasteiger partial charge >= 0.3 is 0 Å². The van der Waals surface area contributed by atoms with Crippen molar-refractivity contribution in [1.82, 2.24) is 9.97 Å². The van der Waals surface area contributed by atoms with Gasteiger partial charge < -0.3 is 14.6 Å². The lowest BCUT2D eigenvalue weighted by molar-refractivity contribution is -0.384. The van der Waals surface area contributed by atoms with Crippen LogP contribution in [0.4, 0.5) is 11.4 Å². The summed E-state index contributed by atoms with van der Waals surface area (Å²) >= 11 is 1.30. The van der Waals surface area contributed by atoms with Crippen molar-refractivity contribution in [3.05, 3.63) is 52.6 Å². The number of anilines is 1. The molecular formula is C18H18N4O4S. The van der Waals surface area contributed by atoms with Gasteiger partial charge in [-0.2, -0.15) is 0 Å². The number of nitrogens with zero attached hydrogens (tertiary/aromatic N) is 3. The van der Waals surface area contributed by atoms with Gasteiger partial charge in [-0.05, 0) is 31.2 Å². The number of fused-ring (bicyclic) bond motifs is 1. The summed E-state index contributed by atoms with van der Waals surface area (Å²) in [6.07, 6.45) is 0. The monoisotopic (exact) mass is 386 g/mol. The molecule has 27 heavy (non-hydrogen) atoms. The van der Waals surface area contributed by atoms with Crippen LogP contribution in [0.25, 0.3) is 11.0 Å². The summed E-state index contributed by atoms with van der Waals surface area (Å²) in [4.78, 5) is 31.7. The lowest BCUT2D eigenvalue weighted by Gasteiger charge is -2.16. The number of carbonyl (C=O) groups excluding carboxylic acids is 1. The Morgan fingerprint density at radius 3 is 2.70 bits per heavy atom. The molecule has 0 bridgehead atoms. The van der Waals surface area contributed by atoms with E-state index in [1.54, 1.807) is 19.2 Å². The summed E-state index contributed by atoms with van der Waals surface area (Å²) in [6, 6.07) is 11.5. The third-order valence-electron chi connectivity index (χ3n) is 3.90. The van der Waals surface area contributed by atoms with Gasteiger partial charge in [-0.3, -0.25) is 14.9 Å². The minimum absolute atomic E-state index is 0.0114. The topological polar surface area (TPSA) is 101 Å². The number of nitro benzene ring substituents is 1. The maximum absolute atomic E-state index is 12.4. The normalized spacial score (nSPS) is 10.7. The molecule has 1 aromatic heterocycles. The number of thioether (sulfide) groups is 1. The number of hydrogen-bond donors (Lipinski definition) is 1. The number of ether oxygens (including phenoxy) is 1. The molecule has 0 saturated heterocycles. The first-order valence-corrected chi connectivity index (χ1v) is 9.23. The van der Waals surface area contributed by atoms with E-state index in [2.05, 4.69) is 9.97 Å². The summed E-state index contributed by atoms with van der Waals surface area (Å²) in [5.41, 5.74) is 2.23. The number of non-ortho nitro benzene ring substituents is 1. The summed E-state index contributed by atoms with van der Waals surface area (Å²) in [7, 11) is 1.64. The standard InChI is InChI=1S/C18H18N4O4S/c1-3-26-14-8-9-15-16(10-14)20-18(19-15)27-11-17(23)21(2)12-4-6-13(7-5-12)22(24)25/h4-10H,3,11H2,1-2H3,(H,19,20). The van der Waals surface area contributed by atoms with E-state index in [9.17, 15) is 14.9 Å². The number of nitro groups is 1. The molecule has 0 aliphatic carbocycles. The van der Waals surface area contributed by atoms with E-state index in [1.807, 2.05) is 25.1 Å². The highest BCUT2D eigenvalue weighted by Crippen LogP contribution is 2.24. The van der Waals surface area contributed by atoms with Gasteiger partial charge in [0, 0.05) is 30.9 Å². The average Bonchev–Trinajstić information content (AvgIpc) is 3.08. The van der Waals surface area contributed by atoms with E-state index in [1.165, 1.54) is 28.8 Å². The fraction of sp³-hybridized carbons (Fsp3) is 0.222. The third-order valence-corrected chi connectivity index (χ3v) is 4.75. The number of amides is 1. The summed E-state index contributed by atoms with van der Waals surface area (Å²) in [6.45, 7) is 2.51. The van der Waals surface area contributed by atoms with E-state index in [0.717, 1.165) is 16.8 Å². The zero-order valence-corrected chi connectivity index (χ0v) is 15.7. The zero-order chi connectivity index (χ0) is 19.4. The van der Waals surface area contributed by atoms with Crippen LogP contribution in [-0.4, -0.2) is 40.2 Å². The van der Waals surface area contributed by atoms with E-state index in [-0.39, 0.29) is 17.3 Å². The van der Waals surface area contributed by atoms with Crippen molar-refractivity contribution < 1.29 is 14.5 Å². The number of hydrogen-bond acceptors (Lipinski definition) is 6. The van der Waals surface area contributed by atoms with Crippen LogP contribution >= 0.6 is 11.8 Å². The van der Waals surface area contributed by atoms with Gasteiger partial charge in [-0.25, -0.2) is 4.98 Å². The van der Waals surface area contributed by atoms with Crippen LogP contribution in [0.2, 0.25) is 0 Å². The number of benzene rings is 2. The molecule has 0 fully saturated rings. The highest BCUT2D eigenvalue weighted by atomic mass is 32.2. The average molecular weight is 386 g/mol. The first-order chi connectivity index (χ1) is 13.0. The molecule has 0 atom stereocenters. The van der Waals surface area contributed by atoms with Gasteiger partial charge in [0.15, 0.2) is 5.16 Å². The fourth-order valence-corrected chi connectivity index (χ4v) is 3.26. The quantitative estimate of drug-likeness (QED) is 0.378. The fourth-order valence-electron chi connectivity index (χ4n) is 2.46. The molecule has 1 N–H and O–H groups in total. The molecule has 1 amide bonds. The highest BCUT2D eigenvalue weighted by molar-refractivity contribution is 7.99. The van der Waals surface area contributed by atoms with Crippen LogP contribution in [0.3, 0.4) is 0 Å². The second kappa shape index (κ2) is 8.09. The molecule has 8 nitrogen and oxygen atoms in total. The Morgan fingerprint density at radius 2 is 2.04 bits per heavy atom. The largest absolute Gasteiger partial charge is 0.494 e. The predicted molar refractivity (Wildman–Crippen MR) is 104 cm³/mol. The number of rotatable bonds is 7. The highest BCUT2D eigenvalue weighted by Gasteiger charge is 2.14. The Bertz CT molecular complexity index is 971. The van der Waals surface area contributed by atoms with Gasteiger partial charge in [0.2, 0.25) is 5.91 Å². The second-order valence-electron chi connectivity index (χ2n) is 5.67. The van der Waals surface area contributed by atoms with Crippen molar-refractivity contribution in [2.45, 2.75) is 12.1 Å². The Balaban J connectivity index is 1.64. The van der Waals surface area contributed by atoms with Crippen molar-refractivity contribution in [2.75, 3.05) is 24.3 Å². The number of nitrogens with one attached hydrogen (secondary N) is 1. The first kappa shape index (κ1) is 18.7. The van der Waals surface area contributed by atoms with Gasteiger partial charge in [0.1, 0.15) is 5.75 Å². The van der Waals surface area contributed by atoms with Crippen molar-refractivity contribution in [3.63, 3.8) is 0 Å². The van der Waals surface area contributed by atoms with Crippen LogP contribution in [0.5, 0.6) is 5.75 Å². The number of aromatic amines is 1. The molecule has 140 valence electrons. The van der Waals surface area contributed by atoms with Gasteiger partial charge in [-0.1, -0.05) is 11.8 Å². The number of H-pyrrole nitrogens is 1. The lowest BCUT2D eigenvalue weighted by Crippen LogP contribution is -2.27. The van der Waals surface area contributed by atoms with Crippen LogP contribution in [-0.2, 0) is 4.79 Å². The summed E-state index contributed by atoms with van der Waals surface area (Å²) < 4.78 is 5.47. The van der Waals surface area contributed by atoms with Gasteiger partial charge in [0.25, 0.3) is 5.69 Å². The molecule has 0 unspecified atom stereocenters. The molecule has 0 radical (unpaired) electrons. The van der Waals surface area contributed by atoms with Crippen molar-refractivity contribution >= 4 is 40.1 Å². The van der Waals surface area contributed by atoms with E-state index >= 15 is 0 Å². The molecule has 3 aromatic rings. The molecule has 0 saturated carbocycles. The molecule has 0 aliphatic heterocycles. The van der Waals surface area contributed by atoms with Crippen LogP contribution in [0.1, 0.15) is 6.92 Å². The Morgan fingerprint density at radius 1 is 1.30 bits per heavy atom. The summed E-state index contributed by atoms with van der Waals surface area (Å²) in [5, 5.41) is 11.4. The summed E-state index contributed by atoms with van der Waals surface area (Å²) in [5.74, 6) is 0.814. The maximum atomic E-state index is 12.4. The second-order valence-corrected chi connectivity index (χ2v) is 6.63. The Kier molecular flexibility index (Phi) is 5.60. The van der Waals surface area contributed by atoms with E-state index < -0.39 is 4.92 Å². The molecular weight excluding hydrogens is 368 g/mol. The van der Waals surface area contributed by atoms with Gasteiger partial charge in [0.05, 0.1) is 28.3 Å². The molecule has 0 spiro atoms. The van der Waals surface area contributed by atoms with Crippen molar-refractivity contribution in [2.24, 2.45) is 0 Å². The zero-order valence-electron chi connectivity index (χ0n) is 14.8. The van der Waals surface area contributed by atoms with Crippen LogP contribution in [0.15, 0.2) is 47.6 Å². The maximum Gasteiger partial charge on any atom is 0.269 e. The van der Waals surface area contributed by atoms with Crippen LogP contribution in [0, 0.1) is 10.1 Å². The molecule has 2 aromatic carbocycles. The smallest absolute Gasteiger partial charge is 0.269 e. The lowest BCUT2D eigenvalue weighted by atomic mass is 10.2. The number of imidazole rings is 1.